The van der Waals surface area contributed by atoms with E-state index in [0.717, 1.165) is 7.11 Å². The van der Waals surface area contributed by atoms with E-state index in [-0.39, 0.29) is 11.4 Å². The Morgan fingerprint density at radius 2 is 2.12 bits per heavy atom. The van der Waals surface area contributed by atoms with Crippen molar-refractivity contribution in [3.63, 3.8) is 0 Å². The van der Waals surface area contributed by atoms with Gasteiger partial charge in [-0.1, -0.05) is 0 Å². The summed E-state index contributed by atoms with van der Waals surface area (Å²) in [7, 11) is 2.41. The summed E-state index contributed by atoms with van der Waals surface area (Å²) in [5, 5.41) is 0. The van der Waals surface area contributed by atoms with E-state index in [9.17, 15) is 18.4 Å². The molecular weight excluding hydrogens is 236 g/mol. The fraction of sp³-hybridized carbons (Fsp3) is 0.400. The van der Waals surface area contributed by atoms with Crippen LogP contribution in [0, 0.1) is 0 Å². The van der Waals surface area contributed by atoms with Crippen LogP contribution in [0.25, 0.3) is 0 Å². The maximum absolute atomic E-state index is 12.7. The first kappa shape index (κ1) is 13.1. The second kappa shape index (κ2) is 5.42. The van der Waals surface area contributed by atoms with Gasteiger partial charge in [-0.3, -0.25) is 14.6 Å². The number of methoxy groups -OCH3 is 2. The maximum atomic E-state index is 12.7. The molecule has 1 N–H and O–H groups in total. The molecule has 5 nitrogen and oxygen atoms in total. The maximum Gasteiger partial charge on any atom is 0.309 e. The Kier molecular flexibility index (Phi) is 4.19. The Morgan fingerprint density at radius 1 is 1.47 bits per heavy atom. The molecule has 0 spiro atoms. The van der Waals surface area contributed by atoms with E-state index >= 15 is 0 Å². The first-order valence-corrected chi connectivity index (χ1v) is 4.64. The molecule has 0 unspecified atom stereocenters. The van der Waals surface area contributed by atoms with E-state index in [4.69, 9.17) is 4.74 Å². The second-order valence-corrected chi connectivity index (χ2v) is 3.16. The van der Waals surface area contributed by atoms with Gasteiger partial charge in [0.1, 0.15) is 0 Å². The summed E-state index contributed by atoms with van der Waals surface area (Å²) in [4.78, 5) is 24.5. The minimum absolute atomic E-state index is 0.0123. The third-order valence-electron chi connectivity index (χ3n) is 2.13. The van der Waals surface area contributed by atoms with Gasteiger partial charge in [0.2, 0.25) is 0 Å². The van der Waals surface area contributed by atoms with Crippen LogP contribution >= 0.6 is 0 Å². The molecular formula is C10H11F2NO4. The summed E-state index contributed by atoms with van der Waals surface area (Å²) in [6.45, 7) is 0. The molecule has 0 aliphatic rings. The molecule has 0 saturated heterocycles. The number of aromatic amines is 1. The van der Waals surface area contributed by atoms with Gasteiger partial charge in [0.15, 0.2) is 5.88 Å². The van der Waals surface area contributed by atoms with Crippen LogP contribution in [0.1, 0.15) is 17.6 Å². The van der Waals surface area contributed by atoms with Crippen LogP contribution in [0.2, 0.25) is 0 Å². The fourth-order valence-corrected chi connectivity index (χ4v) is 1.32. The number of ether oxygens (including phenoxy) is 2. The van der Waals surface area contributed by atoms with Crippen LogP contribution < -0.4 is 10.3 Å². The number of nitrogens with one attached hydrogen (secondary N) is 1. The lowest BCUT2D eigenvalue weighted by atomic mass is 10.1. The highest BCUT2D eigenvalue weighted by atomic mass is 19.3. The minimum Gasteiger partial charge on any atom is -0.482 e. The molecule has 1 aromatic rings. The molecule has 7 heteroatoms. The number of alkyl halides is 2. The quantitative estimate of drug-likeness (QED) is 0.807. The lowest BCUT2D eigenvalue weighted by molar-refractivity contribution is -0.139. The minimum atomic E-state index is -2.97. The van der Waals surface area contributed by atoms with Crippen molar-refractivity contribution in [1.29, 1.82) is 0 Å². The molecule has 1 heterocycles. The zero-order chi connectivity index (χ0) is 13.0. The predicted octanol–water partition coefficient (Wildman–Crippen LogP) is 1.04. The first-order chi connectivity index (χ1) is 7.99. The Hall–Kier alpha value is -1.92. The van der Waals surface area contributed by atoms with Gasteiger partial charge in [0, 0.05) is 6.07 Å². The van der Waals surface area contributed by atoms with E-state index in [1.54, 1.807) is 0 Å². The van der Waals surface area contributed by atoms with Crippen molar-refractivity contribution < 1.29 is 23.0 Å². The Labute approximate surface area is 95.4 Å². The van der Waals surface area contributed by atoms with Crippen LogP contribution in [0.4, 0.5) is 8.78 Å². The average molecular weight is 247 g/mol. The summed E-state index contributed by atoms with van der Waals surface area (Å²) in [5.41, 5.74) is -1.82. The standard InChI is InChI=1S/C10H11F2NO4/c1-16-6-3-5(4-7(14)17-2)8(9(11)12)10(15)13-6/h3,9H,4H2,1-2H3,(H,13,15). The van der Waals surface area contributed by atoms with Gasteiger partial charge in [-0.2, -0.15) is 0 Å². The average Bonchev–Trinajstić information content (AvgIpc) is 2.27. The van der Waals surface area contributed by atoms with E-state index in [2.05, 4.69) is 9.72 Å². The summed E-state index contributed by atoms with van der Waals surface area (Å²) in [5.74, 6) is -0.696. The number of esters is 1. The zero-order valence-corrected chi connectivity index (χ0v) is 9.25. The fourth-order valence-electron chi connectivity index (χ4n) is 1.32. The zero-order valence-electron chi connectivity index (χ0n) is 9.25. The number of halogens is 2. The largest absolute Gasteiger partial charge is 0.482 e. The van der Waals surface area contributed by atoms with Crippen LogP contribution in [0.5, 0.6) is 5.88 Å². The Balaban J connectivity index is 3.27. The van der Waals surface area contributed by atoms with E-state index in [1.165, 1.54) is 13.2 Å². The van der Waals surface area contributed by atoms with E-state index in [0.29, 0.717) is 0 Å². The molecule has 0 fully saturated rings. The topological polar surface area (TPSA) is 68.4 Å². The highest BCUT2D eigenvalue weighted by Crippen LogP contribution is 2.22. The Morgan fingerprint density at radius 3 is 2.59 bits per heavy atom. The molecule has 0 bridgehead atoms. The number of hydrogen-bond donors (Lipinski definition) is 1. The molecule has 17 heavy (non-hydrogen) atoms. The second-order valence-electron chi connectivity index (χ2n) is 3.16. The van der Waals surface area contributed by atoms with Gasteiger partial charge < -0.3 is 9.47 Å². The molecule has 0 amide bonds. The van der Waals surface area contributed by atoms with Crippen molar-refractivity contribution in [3.8, 4) is 5.88 Å². The monoisotopic (exact) mass is 247 g/mol. The number of carbonyl (C=O) groups is 1. The SMILES string of the molecule is COC(=O)Cc1cc(OC)[nH]c(=O)c1C(F)F. The molecule has 0 aromatic carbocycles. The highest BCUT2D eigenvalue weighted by molar-refractivity contribution is 5.73. The Bertz CT molecular complexity index is 470. The van der Waals surface area contributed by atoms with Gasteiger partial charge in [0.25, 0.3) is 12.0 Å². The molecule has 1 aromatic heterocycles. The number of aromatic nitrogens is 1. The normalized spacial score (nSPS) is 10.4. The van der Waals surface area contributed by atoms with Crippen molar-refractivity contribution in [2.24, 2.45) is 0 Å². The molecule has 0 radical (unpaired) electrons. The van der Waals surface area contributed by atoms with Gasteiger partial charge >= 0.3 is 5.97 Å². The number of pyridine rings is 1. The first-order valence-electron chi connectivity index (χ1n) is 4.64. The van der Waals surface area contributed by atoms with Gasteiger partial charge in [0.05, 0.1) is 26.2 Å². The van der Waals surface area contributed by atoms with Crippen molar-refractivity contribution in [2.45, 2.75) is 12.8 Å². The van der Waals surface area contributed by atoms with Crippen LogP contribution in [-0.2, 0) is 16.0 Å². The molecule has 0 aliphatic heterocycles. The molecule has 0 atom stereocenters. The molecule has 0 aliphatic carbocycles. The van der Waals surface area contributed by atoms with Crippen LogP contribution in [0.3, 0.4) is 0 Å². The molecule has 1 rings (SSSR count). The number of carbonyl (C=O) groups excluding carboxylic acids is 1. The molecule has 0 saturated carbocycles. The highest BCUT2D eigenvalue weighted by Gasteiger charge is 2.20. The van der Waals surface area contributed by atoms with Gasteiger partial charge in [-0.25, -0.2) is 8.78 Å². The summed E-state index contributed by atoms with van der Waals surface area (Å²) in [6.07, 6.45) is -3.37. The lowest BCUT2D eigenvalue weighted by Crippen LogP contribution is -2.19. The predicted molar refractivity (Wildman–Crippen MR) is 54.3 cm³/mol. The number of hydrogen-bond acceptors (Lipinski definition) is 4. The third-order valence-corrected chi connectivity index (χ3v) is 2.13. The summed E-state index contributed by atoms with van der Waals surface area (Å²) < 4.78 is 34.4. The molecule has 94 valence electrons. The summed E-state index contributed by atoms with van der Waals surface area (Å²) >= 11 is 0. The van der Waals surface area contributed by atoms with Crippen molar-refractivity contribution >= 4 is 5.97 Å². The van der Waals surface area contributed by atoms with E-state index < -0.39 is 29.9 Å². The number of rotatable bonds is 4. The number of H-pyrrole nitrogens is 1. The van der Waals surface area contributed by atoms with Crippen LogP contribution in [-0.4, -0.2) is 25.2 Å². The van der Waals surface area contributed by atoms with E-state index in [1.807, 2.05) is 0 Å². The third kappa shape index (κ3) is 3.02. The van der Waals surface area contributed by atoms with Gasteiger partial charge in [-0.15, -0.1) is 0 Å². The lowest BCUT2D eigenvalue weighted by Gasteiger charge is -2.09. The van der Waals surface area contributed by atoms with Crippen molar-refractivity contribution in [1.82, 2.24) is 4.98 Å². The summed E-state index contributed by atoms with van der Waals surface area (Å²) in [6, 6.07) is 1.18. The van der Waals surface area contributed by atoms with Crippen molar-refractivity contribution in [3.05, 3.63) is 27.5 Å². The van der Waals surface area contributed by atoms with Gasteiger partial charge in [-0.05, 0) is 5.56 Å². The van der Waals surface area contributed by atoms with Crippen LogP contribution in [0.15, 0.2) is 10.9 Å². The smallest absolute Gasteiger partial charge is 0.309 e. The van der Waals surface area contributed by atoms with Crippen molar-refractivity contribution in [2.75, 3.05) is 14.2 Å².